The fourth-order valence-electron chi connectivity index (χ4n) is 4.95. The zero-order chi connectivity index (χ0) is 31.5. The number of aromatic nitrogens is 2. The van der Waals surface area contributed by atoms with Crippen molar-refractivity contribution >= 4 is 29.0 Å². The van der Waals surface area contributed by atoms with E-state index in [0.717, 1.165) is 24.2 Å². The van der Waals surface area contributed by atoms with E-state index in [-0.39, 0.29) is 24.1 Å². The van der Waals surface area contributed by atoms with Crippen molar-refractivity contribution in [1.82, 2.24) is 15.3 Å². The molecule has 1 aliphatic rings. The van der Waals surface area contributed by atoms with Crippen LogP contribution >= 0.6 is 0 Å². The van der Waals surface area contributed by atoms with Crippen LogP contribution in [0.25, 0.3) is 11.1 Å². The van der Waals surface area contributed by atoms with Crippen LogP contribution in [-0.4, -0.2) is 36.0 Å². The van der Waals surface area contributed by atoms with Crippen LogP contribution in [-0.2, 0) is 16.4 Å². The van der Waals surface area contributed by atoms with Gasteiger partial charge in [-0.15, -0.1) is 0 Å². The van der Waals surface area contributed by atoms with Gasteiger partial charge in [-0.2, -0.15) is 18.2 Å². The number of rotatable bonds is 11. The second-order valence-corrected chi connectivity index (χ2v) is 10.8. The summed E-state index contributed by atoms with van der Waals surface area (Å²) in [5, 5.41) is 12.0. The van der Waals surface area contributed by atoms with Crippen molar-refractivity contribution in [2.24, 2.45) is 0 Å². The SMILES string of the molecule is CNCCCNc1nc(Nc2cccc(C)c2)ncc1-c1ccc(NC(=O)C2(c3cc(C(F)(F)F)ccc3F)CC2)c(F)c1. The van der Waals surface area contributed by atoms with Crippen molar-refractivity contribution in [3.8, 4) is 11.1 Å². The quantitative estimate of drug-likeness (QED) is 0.106. The van der Waals surface area contributed by atoms with Gasteiger partial charge in [-0.1, -0.05) is 18.2 Å². The number of amides is 1. The molecule has 1 aromatic heterocycles. The summed E-state index contributed by atoms with van der Waals surface area (Å²) in [5.74, 6) is -1.66. The lowest BCUT2D eigenvalue weighted by atomic mass is 9.92. The summed E-state index contributed by atoms with van der Waals surface area (Å²) in [7, 11) is 1.85. The first-order valence-electron chi connectivity index (χ1n) is 14.1. The van der Waals surface area contributed by atoms with E-state index in [1.54, 1.807) is 12.3 Å². The van der Waals surface area contributed by atoms with Crippen molar-refractivity contribution < 1.29 is 26.7 Å². The number of nitrogens with one attached hydrogen (secondary N) is 4. The molecule has 0 unspecified atom stereocenters. The first-order chi connectivity index (χ1) is 21.0. The highest BCUT2D eigenvalue weighted by Crippen LogP contribution is 2.51. The second-order valence-electron chi connectivity index (χ2n) is 10.8. The van der Waals surface area contributed by atoms with Gasteiger partial charge in [0, 0.05) is 29.6 Å². The van der Waals surface area contributed by atoms with Gasteiger partial charge in [-0.25, -0.2) is 13.8 Å². The van der Waals surface area contributed by atoms with Crippen LogP contribution in [0.15, 0.2) is 66.9 Å². The van der Waals surface area contributed by atoms with Crippen LogP contribution in [0.1, 0.15) is 36.0 Å². The molecular weight excluding hydrogens is 579 g/mol. The molecule has 0 bridgehead atoms. The number of hydrogen-bond acceptors (Lipinski definition) is 6. The van der Waals surface area contributed by atoms with E-state index < -0.39 is 34.7 Å². The Labute approximate surface area is 251 Å². The molecule has 4 N–H and O–H groups in total. The van der Waals surface area contributed by atoms with Crippen LogP contribution in [0.4, 0.5) is 45.1 Å². The summed E-state index contributed by atoms with van der Waals surface area (Å²) in [6, 6.07) is 13.9. The first kappa shape index (κ1) is 30.9. The Morgan fingerprint density at radius 3 is 2.45 bits per heavy atom. The average molecular weight is 611 g/mol. The molecule has 44 heavy (non-hydrogen) atoms. The fourth-order valence-corrected chi connectivity index (χ4v) is 4.95. The Hall–Kier alpha value is -4.58. The zero-order valence-corrected chi connectivity index (χ0v) is 24.1. The predicted molar refractivity (Wildman–Crippen MR) is 160 cm³/mol. The number of anilines is 4. The monoisotopic (exact) mass is 610 g/mol. The average Bonchev–Trinajstić information content (AvgIpc) is 3.78. The summed E-state index contributed by atoms with van der Waals surface area (Å²) < 4.78 is 69.8. The van der Waals surface area contributed by atoms with Gasteiger partial charge in [0.1, 0.15) is 17.5 Å². The number of carbonyl (C=O) groups is 1. The third kappa shape index (κ3) is 6.80. The van der Waals surface area contributed by atoms with Gasteiger partial charge >= 0.3 is 6.18 Å². The molecular formula is C32H31F5N6O. The largest absolute Gasteiger partial charge is 0.416 e. The molecule has 0 aliphatic heterocycles. The molecule has 1 saturated carbocycles. The number of alkyl halides is 3. The molecule has 1 fully saturated rings. The highest BCUT2D eigenvalue weighted by atomic mass is 19.4. The molecule has 1 amide bonds. The fraction of sp³-hybridized carbons (Fsp3) is 0.281. The minimum Gasteiger partial charge on any atom is -0.369 e. The maximum absolute atomic E-state index is 15.4. The molecule has 230 valence electrons. The van der Waals surface area contributed by atoms with Crippen LogP contribution in [0.5, 0.6) is 0 Å². The van der Waals surface area contributed by atoms with Crippen LogP contribution in [0, 0.1) is 18.6 Å². The Bertz CT molecular complexity index is 1670. The summed E-state index contributed by atoms with van der Waals surface area (Å²) in [6.45, 7) is 3.33. The Kier molecular flexibility index (Phi) is 8.82. The van der Waals surface area contributed by atoms with Gasteiger partial charge < -0.3 is 21.3 Å². The number of nitrogens with zero attached hydrogens (tertiary/aromatic N) is 2. The Morgan fingerprint density at radius 1 is 0.977 bits per heavy atom. The third-order valence-electron chi connectivity index (χ3n) is 7.48. The molecule has 7 nitrogen and oxygen atoms in total. The highest BCUT2D eigenvalue weighted by molar-refractivity contribution is 6.01. The molecule has 0 saturated heterocycles. The molecule has 5 rings (SSSR count). The van der Waals surface area contributed by atoms with Gasteiger partial charge in [-0.3, -0.25) is 4.79 Å². The van der Waals surface area contributed by atoms with Gasteiger partial charge in [0.15, 0.2) is 0 Å². The molecule has 1 aliphatic carbocycles. The summed E-state index contributed by atoms with van der Waals surface area (Å²) in [4.78, 5) is 22.2. The van der Waals surface area contributed by atoms with Crippen molar-refractivity contribution in [3.63, 3.8) is 0 Å². The van der Waals surface area contributed by atoms with E-state index in [1.807, 2.05) is 38.2 Å². The molecule has 3 aromatic carbocycles. The predicted octanol–water partition coefficient (Wildman–Crippen LogP) is 7.18. The van der Waals surface area contributed by atoms with E-state index in [4.69, 9.17) is 0 Å². The maximum Gasteiger partial charge on any atom is 0.416 e. The Balaban J connectivity index is 1.38. The van der Waals surface area contributed by atoms with E-state index in [1.165, 1.54) is 12.1 Å². The standard InChI is InChI=1S/C32H31F5N6O/c1-19-5-3-6-22(15-19)41-30-40-18-23(28(43-30)39-14-4-13-38-2)20-7-10-27(26(34)16-20)42-29(44)31(11-12-31)24-17-21(32(35,36)37)8-9-25(24)33/h3,5-10,15-18,38H,4,11-14H2,1-2H3,(H,42,44)(H2,39,40,41,43). The molecule has 1 heterocycles. The maximum atomic E-state index is 15.4. The zero-order valence-electron chi connectivity index (χ0n) is 24.1. The minimum atomic E-state index is -4.70. The lowest BCUT2D eigenvalue weighted by Gasteiger charge is -2.19. The van der Waals surface area contributed by atoms with Crippen molar-refractivity contribution in [1.29, 1.82) is 0 Å². The second kappa shape index (κ2) is 12.6. The van der Waals surface area contributed by atoms with E-state index >= 15 is 4.39 Å². The smallest absolute Gasteiger partial charge is 0.369 e. The van der Waals surface area contributed by atoms with Crippen molar-refractivity contribution in [2.45, 2.75) is 37.8 Å². The number of halogens is 5. The van der Waals surface area contributed by atoms with Crippen molar-refractivity contribution in [3.05, 3.63) is 95.2 Å². The Morgan fingerprint density at radius 2 is 1.77 bits per heavy atom. The van der Waals surface area contributed by atoms with E-state index in [0.29, 0.717) is 47.6 Å². The van der Waals surface area contributed by atoms with Gasteiger partial charge in [0.25, 0.3) is 0 Å². The van der Waals surface area contributed by atoms with Gasteiger partial charge in [0.2, 0.25) is 11.9 Å². The molecule has 12 heteroatoms. The van der Waals surface area contributed by atoms with Gasteiger partial charge in [0.05, 0.1) is 16.7 Å². The summed E-state index contributed by atoms with van der Waals surface area (Å²) in [6.07, 6.45) is -2.06. The number of benzene rings is 3. The van der Waals surface area contributed by atoms with Gasteiger partial charge in [-0.05, 0) is 93.4 Å². The van der Waals surface area contributed by atoms with E-state index in [9.17, 15) is 22.4 Å². The highest BCUT2D eigenvalue weighted by Gasteiger charge is 2.53. The van der Waals surface area contributed by atoms with Crippen LogP contribution in [0.2, 0.25) is 0 Å². The molecule has 0 radical (unpaired) electrons. The van der Waals surface area contributed by atoms with Crippen molar-refractivity contribution in [2.75, 3.05) is 36.1 Å². The number of carbonyl (C=O) groups excluding carboxylic acids is 1. The van der Waals surface area contributed by atoms with Crippen LogP contribution in [0.3, 0.4) is 0 Å². The molecule has 4 aromatic rings. The summed E-state index contributed by atoms with van der Waals surface area (Å²) in [5.41, 5.74) is -0.270. The van der Waals surface area contributed by atoms with Crippen LogP contribution < -0.4 is 21.3 Å². The minimum absolute atomic E-state index is 0.139. The van der Waals surface area contributed by atoms with E-state index in [2.05, 4.69) is 31.2 Å². The third-order valence-corrected chi connectivity index (χ3v) is 7.48. The lowest BCUT2D eigenvalue weighted by Crippen LogP contribution is -2.29. The summed E-state index contributed by atoms with van der Waals surface area (Å²) >= 11 is 0. The lowest BCUT2D eigenvalue weighted by molar-refractivity contribution is -0.137. The normalized spacial score (nSPS) is 13.8. The number of hydrogen-bond donors (Lipinski definition) is 4. The number of aryl methyl sites for hydroxylation is 1. The molecule has 0 spiro atoms. The molecule has 0 atom stereocenters. The topological polar surface area (TPSA) is 91.0 Å². The first-order valence-corrected chi connectivity index (χ1v) is 14.1.